The average molecular weight is 280 g/mol. The number of hydrogen-bond acceptors (Lipinski definition) is 3. The fourth-order valence-electron chi connectivity index (χ4n) is 2.67. The Kier molecular flexibility index (Phi) is 4.18. The minimum atomic E-state index is -0.724. The predicted octanol–water partition coefficient (Wildman–Crippen LogP) is 1.09. The van der Waals surface area contributed by atoms with Gasteiger partial charge in [0.15, 0.2) is 0 Å². The molecule has 112 valence electrons. The number of ether oxygens (including phenoxy) is 1. The average Bonchev–Trinajstić information content (AvgIpc) is 3.20. The van der Waals surface area contributed by atoms with E-state index in [9.17, 15) is 9.59 Å². The molecule has 2 rings (SSSR count). The molecular weight excluding hydrogens is 256 g/mol. The van der Waals surface area contributed by atoms with Gasteiger partial charge in [0.05, 0.1) is 13.2 Å². The molecule has 1 saturated heterocycles. The molecule has 0 aromatic heterocycles. The normalized spacial score (nSPS) is 30.4. The third-order valence-electron chi connectivity index (χ3n) is 4.15. The van der Waals surface area contributed by atoms with Gasteiger partial charge in [0.1, 0.15) is 11.6 Å². The van der Waals surface area contributed by atoms with Gasteiger partial charge in [0, 0.05) is 6.54 Å². The molecule has 0 aromatic rings. The van der Waals surface area contributed by atoms with Crippen LogP contribution in [0.4, 0.5) is 0 Å². The standard InChI is InChI=1S/C15H24N2O3/c1-10(2)9-20-8-7-17-11(3)13(18)16-15(4,14(17)19)12-5-6-12/h11-12H,1,5-9H2,2-4H3,(H,16,18). The molecule has 0 spiro atoms. The maximum atomic E-state index is 12.7. The van der Waals surface area contributed by atoms with Crippen LogP contribution in [-0.4, -0.2) is 48.1 Å². The first kappa shape index (κ1) is 15.0. The van der Waals surface area contributed by atoms with Gasteiger partial charge in [0.2, 0.25) is 11.8 Å². The molecule has 0 aromatic carbocycles. The quantitative estimate of drug-likeness (QED) is 0.585. The van der Waals surface area contributed by atoms with Gasteiger partial charge in [-0.2, -0.15) is 0 Å². The number of hydrogen-bond donors (Lipinski definition) is 1. The van der Waals surface area contributed by atoms with Gasteiger partial charge in [-0.25, -0.2) is 0 Å². The molecule has 1 heterocycles. The number of nitrogens with zero attached hydrogens (tertiary/aromatic N) is 1. The zero-order chi connectivity index (χ0) is 14.9. The lowest BCUT2D eigenvalue weighted by molar-refractivity contribution is -0.155. The highest BCUT2D eigenvalue weighted by Gasteiger charge is 2.54. The van der Waals surface area contributed by atoms with Gasteiger partial charge >= 0.3 is 0 Å². The summed E-state index contributed by atoms with van der Waals surface area (Å²) >= 11 is 0. The van der Waals surface area contributed by atoms with Crippen molar-refractivity contribution in [2.75, 3.05) is 19.8 Å². The van der Waals surface area contributed by atoms with Crippen molar-refractivity contribution in [1.29, 1.82) is 0 Å². The Morgan fingerprint density at radius 1 is 1.50 bits per heavy atom. The van der Waals surface area contributed by atoms with Crippen LogP contribution < -0.4 is 5.32 Å². The molecule has 20 heavy (non-hydrogen) atoms. The van der Waals surface area contributed by atoms with Gasteiger partial charge in [0.25, 0.3) is 0 Å². The van der Waals surface area contributed by atoms with Crippen LogP contribution in [0.2, 0.25) is 0 Å². The van der Waals surface area contributed by atoms with E-state index in [1.54, 1.807) is 11.8 Å². The number of piperazine rings is 1. The summed E-state index contributed by atoms with van der Waals surface area (Å²) in [7, 11) is 0. The SMILES string of the molecule is C=C(C)COCCN1C(=O)C(C)(C2CC2)NC(=O)C1C. The van der Waals surface area contributed by atoms with Crippen molar-refractivity contribution in [2.45, 2.75) is 45.2 Å². The number of carbonyl (C=O) groups is 2. The van der Waals surface area contributed by atoms with Gasteiger partial charge in [-0.15, -0.1) is 0 Å². The highest BCUT2D eigenvalue weighted by molar-refractivity contribution is 5.99. The maximum Gasteiger partial charge on any atom is 0.249 e. The maximum absolute atomic E-state index is 12.7. The van der Waals surface area contributed by atoms with Crippen LogP contribution in [0, 0.1) is 5.92 Å². The molecule has 1 N–H and O–H groups in total. The van der Waals surface area contributed by atoms with Crippen LogP contribution in [0.5, 0.6) is 0 Å². The van der Waals surface area contributed by atoms with E-state index in [-0.39, 0.29) is 17.7 Å². The van der Waals surface area contributed by atoms with Crippen molar-refractivity contribution < 1.29 is 14.3 Å². The van der Waals surface area contributed by atoms with E-state index in [1.165, 1.54) is 0 Å². The lowest BCUT2D eigenvalue weighted by atomic mass is 9.90. The molecule has 2 amide bonds. The Hall–Kier alpha value is -1.36. The monoisotopic (exact) mass is 280 g/mol. The van der Waals surface area contributed by atoms with E-state index in [4.69, 9.17) is 4.74 Å². The second-order valence-corrected chi connectivity index (χ2v) is 6.15. The Morgan fingerprint density at radius 2 is 2.15 bits per heavy atom. The first-order valence-electron chi connectivity index (χ1n) is 7.21. The summed E-state index contributed by atoms with van der Waals surface area (Å²) < 4.78 is 5.45. The minimum Gasteiger partial charge on any atom is -0.375 e. The third kappa shape index (κ3) is 2.87. The van der Waals surface area contributed by atoms with E-state index < -0.39 is 11.6 Å². The van der Waals surface area contributed by atoms with Crippen molar-refractivity contribution in [1.82, 2.24) is 10.2 Å². The van der Waals surface area contributed by atoms with Crippen molar-refractivity contribution in [3.63, 3.8) is 0 Å². The van der Waals surface area contributed by atoms with Crippen molar-refractivity contribution in [2.24, 2.45) is 5.92 Å². The van der Waals surface area contributed by atoms with E-state index in [1.807, 2.05) is 13.8 Å². The predicted molar refractivity (Wildman–Crippen MR) is 76.1 cm³/mol. The zero-order valence-electron chi connectivity index (χ0n) is 12.6. The summed E-state index contributed by atoms with van der Waals surface area (Å²) in [5, 5.41) is 2.91. The Balaban J connectivity index is 1.99. The fourth-order valence-corrected chi connectivity index (χ4v) is 2.67. The minimum absolute atomic E-state index is 0.0195. The van der Waals surface area contributed by atoms with Gasteiger partial charge in [-0.05, 0) is 39.5 Å². The number of rotatable bonds is 6. The first-order valence-corrected chi connectivity index (χ1v) is 7.21. The molecule has 1 aliphatic carbocycles. The molecule has 2 aliphatic rings. The molecule has 0 radical (unpaired) electrons. The summed E-state index contributed by atoms with van der Waals surface area (Å²) in [6, 6.07) is -0.428. The van der Waals surface area contributed by atoms with Gasteiger partial charge in [-0.1, -0.05) is 12.2 Å². The summed E-state index contributed by atoms with van der Waals surface area (Å²) in [4.78, 5) is 26.4. The van der Waals surface area contributed by atoms with E-state index in [0.29, 0.717) is 19.8 Å². The molecule has 2 atom stereocenters. The number of amides is 2. The molecule has 1 saturated carbocycles. The van der Waals surface area contributed by atoms with Crippen LogP contribution in [0.25, 0.3) is 0 Å². The summed E-state index contributed by atoms with van der Waals surface area (Å²) in [5.41, 5.74) is 0.224. The van der Waals surface area contributed by atoms with Crippen LogP contribution >= 0.6 is 0 Å². The smallest absolute Gasteiger partial charge is 0.249 e. The van der Waals surface area contributed by atoms with E-state index >= 15 is 0 Å². The summed E-state index contributed by atoms with van der Waals surface area (Å²) in [6.45, 7) is 10.6. The van der Waals surface area contributed by atoms with Crippen LogP contribution in [0.15, 0.2) is 12.2 Å². The fraction of sp³-hybridized carbons (Fsp3) is 0.733. The summed E-state index contributed by atoms with van der Waals surface area (Å²) in [5.74, 6) is 0.232. The zero-order valence-corrected chi connectivity index (χ0v) is 12.6. The third-order valence-corrected chi connectivity index (χ3v) is 4.15. The Labute approximate surface area is 120 Å². The first-order chi connectivity index (χ1) is 9.36. The number of carbonyl (C=O) groups excluding carboxylic acids is 2. The van der Waals surface area contributed by atoms with Crippen LogP contribution in [-0.2, 0) is 14.3 Å². The lowest BCUT2D eigenvalue weighted by Crippen LogP contribution is -2.69. The molecule has 5 heteroatoms. The Morgan fingerprint density at radius 3 is 2.70 bits per heavy atom. The van der Waals surface area contributed by atoms with E-state index in [0.717, 1.165) is 18.4 Å². The highest BCUT2D eigenvalue weighted by Crippen LogP contribution is 2.42. The lowest BCUT2D eigenvalue weighted by Gasteiger charge is -2.43. The second-order valence-electron chi connectivity index (χ2n) is 6.15. The second kappa shape index (κ2) is 5.56. The van der Waals surface area contributed by atoms with Gasteiger partial charge in [-0.3, -0.25) is 9.59 Å². The molecule has 2 fully saturated rings. The van der Waals surface area contributed by atoms with Crippen molar-refractivity contribution >= 4 is 11.8 Å². The summed E-state index contributed by atoms with van der Waals surface area (Å²) in [6.07, 6.45) is 2.02. The largest absolute Gasteiger partial charge is 0.375 e. The Bertz CT molecular complexity index is 431. The molecular formula is C15H24N2O3. The topological polar surface area (TPSA) is 58.6 Å². The van der Waals surface area contributed by atoms with Crippen molar-refractivity contribution in [3.8, 4) is 0 Å². The van der Waals surface area contributed by atoms with Crippen LogP contribution in [0.1, 0.15) is 33.6 Å². The number of nitrogens with one attached hydrogen (secondary N) is 1. The van der Waals surface area contributed by atoms with E-state index in [2.05, 4.69) is 11.9 Å². The highest BCUT2D eigenvalue weighted by atomic mass is 16.5. The van der Waals surface area contributed by atoms with Crippen LogP contribution in [0.3, 0.4) is 0 Å². The van der Waals surface area contributed by atoms with Gasteiger partial charge < -0.3 is 15.0 Å². The van der Waals surface area contributed by atoms with Crippen molar-refractivity contribution in [3.05, 3.63) is 12.2 Å². The molecule has 1 aliphatic heterocycles. The molecule has 2 unspecified atom stereocenters. The molecule has 0 bridgehead atoms. The molecule has 5 nitrogen and oxygen atoms in total.